The van der Waals surface area contributed by atoms with Crippen molar-refractivity contribution in [3.63, 3.8) is 0 Å². The lowest BCUT2D eigenvalue weighted by Crippen LogP contribution is -2.63. The van der Waals surface area contributed by atoms with Gasteiger partial charge >= 0.3 is 17.8 Å². The molecule has 8 heteroatoms. The van der Waals surface area contributed by atoms with Gasteiger partial charge in [-0.1, -0.05) is 24.3 Å². The molecule has 0 unspecified atom stereocenters. The van der Waals surface area contributed by atoms with E-state index in [1.165, 1.54) is 0 Å². The third-order valence-electron chi connectivity index (χ3n) is 6.02. The minimum Gasteiger partial charge on any atom is -0.464 e. The second kappa shape index (κ2) is 6.61. The predicted molar refractivity (Wildman–Crippen MR) is 112 cm³/mol. The Bertz CT molecular complexity index is 1310. The van der Waals surface area contributed by atoms with E-state index in [-0.39, 0.29) is 6.54 Å². The fraction of sp³-hybridized carbons (Fsp3) is 0.217. The second-order valence-electron chi connectivity index (χ2n) is 7.81. The van der Waals surface area contributed by atoms with Gasteiger partial charge in [0.25, 0.3) is 0 Å². The zero-order valence-corrected chi connectivity index (χ0v) is 16.5. The molecule has 2 aromatic heterocycles. The number of hydrogen-bond donors (Lipinski definition) is 1. The van der Waals surface area contributed by atoms with Crippen LogP contribution in [0.5, 0.6) is 0 Å². The number of anilines is 1. The average Bonchev–Trinajstić information content (AvgIpc) is 3.48. The van der Waals surface area contributed by atoms with E-state index in [1.54, 1.807) is 6.26 Å². The molecule has 4 aromatic rings. The van der Waals surface area contributed by atoms with Gasteiger partial charge in [-0.05, 0) is 24.3 Å². The lowest BCUT2D eigenvalue weighted by molar-refractivity contribution is -0.253. The maximum absolute atomic E-state index is 12.1. The number of H-pyrrole nitrogens is 1. The largest absolute Gasteiger partial charge is 0.464 e. The monoisotopic (exact) mass is 417 g/mol. The number of rotatable bonds is 3. The van der Waals surface area contributed by atoms with Crippen LogP contribution >= 0.6 is 0 Å². The summed E-state index contributed by atoms with van der Waals surface area (Å²) in [6, 6.07) is 15.7. The Hall–Kier alpha value is -3.78. The molecular weight excluding hydrogens is 398 g/mol. The lowest BCUT2D eigenvalue weighted by Gasteiger charge is -2.45. The van der Waals surface area contributed by atoms with Crippen molar-refractivity contribution >= 4 is 39.5 Å². The first-order valence-corrected chi connectivity index (χ1v) is 10.1. The molecule has 0 atom stereocenters. The van der Waals surface area contributed by atoms with Crippen molar-refractivity contribution in [3.8, 4) is 0 Å². The van der Waals surface area contributed by atoms with E-state index in [1.807, 2.05) is 59.6 Å². The number of piperazine rings is 1. The summed E-state index contributed by atoms with van der Waals surface area (Å²) in [6.07, 6.45) is 3.59. The molecule has 0 saturated carbocycles. The third kappa shape index (κ3) is 2.79. The fourth-order valence-corrected chi connectivity index (χ4v) is 4.53. The van der Waals surface area contributed by atoms with Crippen LogP contribution < -0.4 is 4.90 Å². The van der Waals surface area contributed by atoms with Gasteiger partial charge in [0.2, 0.25) is 0 Å². The molecule has 2 fully saturated rings. The summed E-state index contributed by atoms with van der Waals surface area (Å²) < 4.78 is 16.8. The van der Waals surface area contributed by atoms with Gasteiger partial charge in [-0.25, -0.2) is 14.5 Å². The number of furan rings is 1. The molecule has 2 aliphatic heterocycles. The SMILES string of the molecule is O=C1OC2(CN(c3cccc4[nH]ccc34)CCN2Cc2coc3ccccc23)OC1=O. The van der Waals surface area contributed by atoms with Crippen molar-refractivity contribution in [2.45, 2.75) is 12.5 Å². The highest BCUT2D eigenvalue weighted by molar-refractivity contribution is 6.31. The number of carbonyl (C=O) groups excluding carboxylic acids is 2. The van der Waals surface area contributed by atoms with Crippen LogP contribution in [-0.2, 0) is 25.6 Å². The number of hydrogen-bond acceptors (Lipinski definition) is 7. The van der Waals surface area contributed by atoms with Crippen LogP contribution in [-0.4, -0.2) is 47.4 Å². The van der Waals surface area contributed by atoms with Gasteiger partial charge in [-0.2, -0.15) is 0 Å². The minimum atomic E-state index is -1.48. The van der Waals surface area contributed by atoms with Crippen molar-refractivity contribution < 1.29 is 23.5 Å². The van der Waals surface area contributed by atoms with E-state index in [0.717, 1.165) is 33.1 Å². The Balaban J connectivity index is 1.36. The number of aromatic amines is 1. The molecule has 6 rings (SSSR count). The zero-order chi connectivity index (χ0) is 21.0. The standard InChI is InChI=1S/C23H19N3O5/c27-21-22(28)31-23(30-21)14-25(19-6-3-5-18-17(19)8-9-24-18)10-11-26(23)12-15-13-29-20-7-2-1-4-16(15)20/h1-9,13,24H,10-12,14H2. The van der Waals surface area contributed by atoms with E-state index in [4.69, 9.17) is 13.9 Å². The van der Waals surface area contributed by atoms with E-state index in [0.29, 0.717) is 19.6 Å². The van der Waals surface area contributed by atoms with Crippen molar-refractivity contribution in [2.24, 2.45) is 0 Å². The average molecular weight is 417 g/mol. The van der Waals surface area contributed by atoms with E-state index < -0.39 is 17.8 Å². The Labute approximate surface area is 176 Å². The number of esters is 2. The Morgan fingerprint density at radius 1 is 0.935 bits per heavy atom. The smallest absolute Gasteiger partial charge is 0.421 e. The maximum atomic E-state index is 12.1. The molecule has 4 heterocycles. The Kier molecular flexibility index (Phi) is 3.85. The van der Waals surface area contributed by atoms with Crippen LogP contribution in [0.2, 0.25) is 0 Å². The summed E-state index contributed by atoms with van der Waals surface area (Å²) in [4.78, 5) is 31.3. The van der Waals surface area contributed by atoms with E-state index in [2.05, 4.69) is 9.88 Å². The van der Waals surface area contributed by atoms with E-state index >= 15 is 0 Å². The molecule has 0 radical (unpaired) electrons. The van der Waals surface area contributed by atoms with Gasteiger partial charge in [-0.3, -0.25) is 0 Å². The van der Waals surface area contributed by atoms with Gasteiger partial charge in [0.05, 0.1) is 6.26 Å². The molecule has 0 amide bonds. The zero-order valence-electron chi connectivity index (χ0n) is 16.5. The van der Waals surface area contributed by atoms with Crippen molar-refractivity contribution in [2.75, 3.05) is 24.5 Å². The third-order valence-corrected chi connectivity index (χ3v) is 6.02. The summed E-state index contributed by atoms with van der Waals surface area (Å²) in [6.45, 7) is 1.84. The summed E-state index contributed by atoms with van der Waals surface area (Å²) in [5.41, 5.74) is 3.73. The van der Waals surface area contributed by atoms with Crippen LogP contribution in [0.25, 0.3) is 21.9 Å². The first-order chi connectivity index (χ1) is 15.1. The molecule has 0 aliphatic carbocycles. The fourth-order valence-electron chi connectivity index (χ4n) is 4.53. The molecule has 8 nitrogen and oxygen atoms in total. The quantitative estimate of drug-likeness (QED) is 0.405. The highest BCUT2D eigenvalue weighted by Gasteiger charge is 2.56. The molecule has 0 bridgehead atoms. The Morgan fingerprint density at radius 3 is 2.65 bits per heavy atom. The summed E-state index contributed by atoms with van der Waals surface area (Å²) in [5, 5.41) is 2.04. The molecule has 156 valence electrons. The first kappa shape index (κ1) is 18.0. The molecule has 2 saturated heterocycles. The normalized spacial score (nSPS) is 18.8. The van der Waals surface area contributed by atoms with Gasteiger partial charge in [0.15, 0.2) is 0 Å². The number of ether oxygens (including phenoxy) is 2. The van der Waals surface area contributed by atoms with Crippen molar-refractivity contribution in [3.05, 3.63) is 66.6 Å². The highest BCUT2D eigenvalue weighted by Crippen LogP contribution is 2.36. The van der Waals surface area contributed by atoms with Crippen LogP contribution in [0.3, 0.4) is 0 Å². The van der Waals surface area contributed by atoms with Crippen LogP contribution in [0.15, 0.2) is 65.4 Å². The van der Waals surface area contributed by atoms with Gasteiger partial charge in [-0.15, -0.1) is 0 Å². The highest BCUT2D eigenvalue weighted by atomic mass is 16.8. The first-order valence-electron chi connectivity index (χ1n) is 10.1. The number of fused-ring (bicyclic) bond motifs is 2. The topological polar surface area (TPSA) is 88.0 Å². The minimum absolute atomic E-state index is 0.213. The van der Waals surface area contributed by atoms with Crippen LogP contribution in [0.1, 0.15) is 5.56 Å². The molecule has 2 aromatic carbocycles. The van der Waals surface area contributed by atoms with Crippen LogP contribution in [0.4, 0.5) is 5.69 Å². The summed E-state index contributed by atoms with van der Waals surface area (Å²) >= 11 is 0. The number of benzene rings is 2. The predicted octanol–water partition coefficient (Wildman–Crippen LogP) is 2.99. The lowest BCUT2D eigenvalue weighted by atomic mass is 10.1. The number of para-hydroxylation sites is 1. The molecule has 31 heavy (non-hydrogen) atoms. The van der Waals surface area contributed by atoms with Crippen molar-refractivity contribution in [1.29, 1.82) is 0 Å². The number of aromatic nitrogens is 1. The molecule has 2 aliphatic rings. The molecular formula is C23H19N3O5. The Morgan fingerprint density at radius 2 is 1.77 bits per heavy atom. The van der Waals surface area contributed by atoms with Gasteiger partial charge in [0, 0.05) is 53.4 Å². The second-order valence-corrected chi connectivity index (χ2v) is 7.81. The van der Waals surface area contributed by atoms with Crippen LogP contribution in [0, 0.1) is 0 Å². The number of carbonyl (C=O) groups is 2. The van der Waals surface area contributed by atoms with Gasteiger partial charge < -0.3 is 23.8 Å². The molecule has 1 spiro atoms. The van der Waals surface area contributed by atoms with Crippen molar-refractivity contribution in [1.82, 2.24) is 9.88 Å². The number of nitrogens with one attached hydrogen (secondary N) is 1. The number of nitrogens with zero attached hydrogens (tertiary/aromatic N) is 2. The van der Waals surface area contributed by atoms with Gasteiger partial charge in [0.1, 0.15) is 12.1 Å². The summed E-state index contributed by atoms with van der Waals surface area (Å²) in [5.74, 6) is -3.42. The van der Waals surface area contributed by atoms with E-state index in [9.17, 15) is 9.59 Å². The summed E-state index contributed by atoms with van der Waals surface area (Å²) in [7, 11) is 0. The molecule has 1 N–H and O–H groups in total. The maximum Gasteiger partial charge on any atom is 0.421 e.